The molecule has 8 heteroatoms. The average molecular weight is 423 g/mol. The van der Waals surface area contributed by atoms with Gasteiger partial charge in [0.25, 0.3) is 0 Å². The molecule has 2 heterocycles. The van der Waals surface area contributed by atoms with Crippen molar-refractivity contribution in [3.8, 4) is 17.1 Å². The van der Waals surface area contributed by atoms with Gasteiger partial charge in [0.1, 0.15) is 18.2 Å². The van der Waals surface area contributed by atoms with Crippen molar-refractivity contribution in [1.29, 1.82) is 0 Å². The second-order valence-electron chi connectivity index (χ2n) is 7.16. The maximum absolute atomic E-state index is 13.8. The molecular weight excluding hydrogens is 401 g/mol. The predicted octanol–water partition coefficient (Wildman–Crippen LogP) is 3.49. The number of halogens is 1. The van der Waals surface area contributed by atoms with Gasteiger partial charge in [0.05, 0.1) is 18.3 Å². The number of ether oxygens (including phenoxy) is 1. The summed E-state index contributed by atoms with van der Waals surface area (Å²) in [4.78, 5) is 27.6. The van der Waals surface area contributed by atoms with E-state index in [4.69, 9.17) is 9.15 Å². The molecule has 2 aromatic carbocycles. The molecule has 2 amide bonds. The molecule has 0 atom stereocenters. The lowest BCUT2D eigenvalue weighted by molar-refractivity contribution is -0.121. The monoisotopic (exact) mass is 423 g/mol. The van der Waals surface area contributed by atoms with E-state index >= 15 is 0 Å². The van der Waals surface area contributed by atoms with Crippen LogP contribution < -0.4 is 15.4 Å². The van der Waals surface area contributed by atoms with Gasteiger partial charge in [-0.25, -0.2) is 9.37 Å². The minimum absolute atomic E-state index is 0.0251. The number of hydrogen-bond donors (Lipinski definition) is 2. The number of aromatic nitrogens is 1. The quantitative estimate of drug-likeness (QED) is 0.541. The molecule has 0 saturated heterocycles. The van der Waals surface area contributed by atoms with Crippen molar-refractivity contribution < 1.29 is 23.1 Å². The molecular formula is C23H22FN3O4. The van der Waals surface area contributed by atoms with Gasteiger partial charge in [-0.15, -0.1) is 0 Å². The van der Waals surface area contributed by atoms with E-state index in [2.05, 4.69) is 15.6 Å². The van der Waals surface area contributed by atoms with E-state index in [0.717, 1.165) is 11.3 Å². The zero-order valence-corrected chi connectivity index (χ0v) is 16.8. The molecule has 4 rings (SSSR count). The fraction of sp³-hybridized carbons (Fsp3) is 0.261. The molecule has 0 aliphatic carbocycles. The van der Waals surface area contributed by atoms with E-state index in [9.17, 15) is 14.0 Å². The van der Waals surface area contributed by atoms with Crippen LogP contribution in [0.2, 0.25) is 0 Å². The Balaban J connectivity index is 1.18. The Bertz CT molecular complexity index is 1100. The van der Waals surface area contributed by atoms with Crippen LogP contribution in [0.25, 0.3) is 11.3 Å². The summed E-state index contributed by atoms with van der Waals surface area (Å²) in [6.45, 7) is 0.687. The first-order chi connectivity index (χ1) is 15.1. The predicted molar refractivity (Wildman–Crippen MR) is 112 cm³/mol. The molecule has 0 saturated carbocycles. The van der Waals surface area contributed by atoms with Crippen molar-refractivity contribution >= 4 is 17.5 Å². The second-order valence-corrected chi connectivity index (χ2v) is 7.16. The average Bonchev–Trinajstić information content (AvgIpc) is 3.24. The third kappa shape index (κ3) is 5.28. The van der Waals surface area contributed by atoms with Gasteiger partial charge in [0.15, 0.2) is 11.7 Å². The summed E-state index contributed by atoms with van der Waals surface area (Å²) in [7, 11) is 0. The van der Waals surface area contributed by atoms with Gasteiger partial charge in [-0.1, -0.05) is 12.1 Å². The summed E-state index contributed by atoms with van der Waals surface area (Å²) in [6, 6.07) is 11.8. The van der Waals surface area contributed by atoms with E-state index in [1.165, 1.54) is 12.3 Å². The summed E-state index contributed by atoms with van der Waals surface area (Å²) < 4.78 is 25.0. The molecule has 0 radical (unpaired) electrons. The number of anilines is 1. The molecule has 0 bridgehead atoms. The first-order valence-corrected chi connectivity index (χ1v) is 10.1. The normalized spacial score (nSPS) is 12.7. The standard InChI is InChI=1S/C23H22FN3O4/c24-18-4-2-1-3-17(18)20-14-26-23(31-20)10-9-21(28)25-11-12-30-16-6-7-19-15(13-16)5-8-22(29)27-19/h1-4,6-7,13-14H,5,8-12H2,(H,25,28)(H,27,29). The highest BCUT2D eigenvalue weighted by Gasteiger charge is 2.15. The van der Waals surface area contributed by atoms with E-state index in [-0.39, 0.29) is 24.1 Å². The van der Waals surface area contributed by atoms with Crippen molar-refractivity contribution in [2.45, 2.75) is 25.7 Å². The van der Waals surface area contributed by atoms with Crippen LogP contribution in [0.1, 0.15) is 24.3 Å². The lowest BCUT2D eigenvalue weighted by Crippen LogP contribution is -2.28. The number of rotatable bonds is 8. The maximum atomic E-state index is 13.8. The van der Waals surface area contributed by atoms with E-state index in [0.29, 0.717) is 55.4 Å². The Labute approximate surface area is 178 Å². The number of carbonyl (C=O) groups excluding carboxylic acids is 2. The number of nitrogens with zero attached hydrogens (tertiary/aromatic N) is 1. The molecule has 31 heavy (non-hydrogen) atoms. The van der Waals surface area contributed by atoms with Crippen LogP contribution in [0.5, 0.6) is 5.75 Å². The number of aryl methyl sites for hydroxylation is 2. The Morgan fingerprint density at radius 2 is 2.10 bits per heavy atom. The summed E-state index contributed by atoms with van der Waals surface area (Å²) in [5.74, 6) is 0.910. The highest BCUT2D eigenvalue weighted by Crippen LogP contribution is 2.27. The van der Waals surface area contributed by atoms with Crippen molar-refractivity contribution in [1.82, 2.24) is 10.3 Å². The van der Waals surface area contributed by atoms with Gasteiger partial charge < -0.3 is 19.8 Å². The summed E-state index contributed by atoms with van der Waals surface area (Å²) in [6.07, 6.45) is 3.14. The van der Waals surface area contributed by atoms with Crippen LogP contribution in [-0.2, 0) is 22.4 Å². The topological polar surface area (TPSA) is 93.5 Å². The molecule has 1 aliphatic rings. The van der Waals surface area contributed by atoms with Gasteiger partial charge in [-0.05, 0) is 42.3 Å². The number of nitrogens with one attached hydrogen (secondary N) is 2. The smallest absolute Gasteiger partial charge is 0.224 e. The lowest BCUT2D eigenvalue weighted by atomic mass is 10.0. The minimum Gasteiger partial charge on any atom is -0.492 e. The summed E-state index contributed by atoms with van der Waals surface area (Å²) in [5, 5.41) is 5.62. The fourth-order valence-corrected chi connectivity index (χ4v) is 3.33. The first kappa shape index (κ1) is 20.6. The Hall–Kier alpha value is -3.68. The lowest BCUT2D eigenvalue weighted by Gasteiger charge is -2.17. The second kappa shape index (κ2) is 9.42. The third-order valence-electron chi connectivity index (χ3n) is 4.92. The SMILES string of the molecule is O=C(CCc1ncc(-c2ccccc2F)o1)NCCOc1ccc2c(c1)CCC(=O)N2. The minimum atomic E-state index is -0.383. The molecule has 1 aromatic heterocycles. The Morgan fingerprint density at radius 3 is 2.97 bits per heavy atom. The van der Waals surface area contributed by atoms with Crippen molar-refractivity contribution in [3.05, 3.63) is 65.9 Å². The van der Waals surface area contributed by atoms with Gasteiger partial charge in [0, 0.05) is 24.9 Å². The Kier molecular flexibility index (Phi) is 6.26. The number of fused-ring (bicyclic) bond motifs is 1. The van der Waals surface area contributed by atoms with E-state index < -0.39 is 0 Å². The zero-order valence-electron chi connectivity index (χ0n) is 16.8. The van der Waals surface area contributed by atoms with Crippen LogP contribution in [0.15, 0.2) is 53.1 Å². The van der Waals surface area contributed by atoms with Gasteiger partial charge in [-0.3, -0.25) is 9.59 Å². The number of hydrogen-bond acceptors (Lipinski definition) is 5. The van der Waals surface area contributed by atoms with Crippen LogP contribution in [0.3, 0.4) is 0 Å². The maximum Gasteiger partial charge on any atom is 0.224 e. The first-order valence-electron chi connectivity index (χ1n) is 10.1. The Morgan fingerprint density at radius 1 is 1.23 bits per heavy atom. The molecule has 160 valence electrons. The highest BCUT2D eigenvalue weighted by molar-refractivity contribution is 5.94. The third-order valence-corrected chi connectivity index (χ3v) is 4.92. The number of benzene rings is 2. The largest absolute Gasteiger partial charge is 0.492 e. The van der Waals surface area contributed by atoms with Crippen LogP contribution in [0.4, 0.5) is 10.1 Å². The summed E-state index contributed by atoms with van der Waals surface area (Å²) in [5.41, 5.74) is 2.20. The number of oxazole rings is 1. The van der Waals surface area contributed by atoms with Gasteiger partial charge >= 0.3 is 0 Å². The molecule has 7 nitrogen and oxygen atoms in total. The molecule has 0 fully saturated rings. The molecule has 1 aliphatic heterocycles. The van der Waals surface area contributed by atoms with Crippen LogP contribution in [-0.4, -0.2) is 29.9 Å². The molecule has 2 N–H and O–H groups in total. The van der Waals surface area contributed by atoms with Crippen LogP contribution >= 0.6 is 0 Å². The number of amides is 2. The number of carbonyl (C=O) groups is 2. The molecule has 0 unspecified atom stereocenters. The molecule has 0 spiro atoms. The fourth-order valence-electron chi connectivity index (χ4n) is 3.33. The highest BCUT2D eigenvalue weighted by atomic mass is 19.1. The van der Waals surface area contributed by atoms with Crippen molar-refractivity contribution in [2.24, 2.45) is 0 Å². The van der Waals surface area contributed by atoms with E-state index in [1.807, 2.05) is 12.1 Å². The van der Waals surface area contributed by atoms with Crippen molar-refractivity contribution in [3.63, 3.8) is 0 Å². The van der Waals surface area contributed by atoms with Crippen molar-refractivity contribution in [2.75, 3.05) is 18.5 Å². The van der Waals surface area contributed by atoms with Gasteiger partial charge in [0.2, 0.25) is 11.8 Å². The summed E-state index contributed by atoms with van der Waals surface area (Å²) >= 11 is 0. The zero-order chi connectivity index (χ0) is 21.6. The molecule has 3 aromatic rings. The van der Waals surface area contributed by atoms with Crippen LogP contribution in [0, 0.1) is 5.82 Å². The van der Waals surface area contributed by atoms with Gasteiger partial charge in [-0.2, -0.15) is 0 Å². The van der Waals surface area contributed by atoms with E-state index in [1.54, 1.807) is 24.3 Å².